The molecule has 1 N–H and O–H groups in total. The number of carbonyl (C=O) groups excluding carboxylic acids is 1. The Morgan fingerprint density at radius 2 is 2.19 bits per heavy atom. The molecule has 4 heteroatoms. The summed E-state index contributed by atoms with van der Waals surface area (Å²) in [6.07, 6.45) is 0.926. The maximum absolute atomic E-state index is 12.2. The molecule has 0 bridgehead atoms. The molecule has 1 aliphatic heterocycles. The summed E-state index contributed by atoms with van der Waals surface area (Å²) in [7, 11) is 0. The zero-order valence-corrected chi connectivity index (χ0v) is 9.63. The number of hydrogen-bond acceptors (Lipinski definition) is 2. The van der Waals surface area contributed by atoms with E-state index in [9.17, 15) is 4.79 Å². The zero-order valence-electron chi connectivity index (χ0n) is 8.87. The smallest absolute Gasteiger partial charge is 0.260 e. The fourth-order valence-corrected chi connectivity index (χ4v) is 1.92. The van der Waals surface area contributed by atoms with E-state index in [4.69, 9.17) is 11.6 Å². The van der Waals surface area contributed by atoms with Gasteiger partial charge >= 0.3 is 0 Å². The molecular weight excluding hydrogens is 224 g/mol. The lowest BCUT2D eigenvalue weighted by Crippen LogP contribution is -2.42. The van der Waals surface area contributed by atoms with Gasteiger partial charge in [-0.15, -0.1) is 0 Å². The van der Waals surface area contributed by atoms with E-state index in [0.29, 0.717) is 23.0 Å². The third kappa shape index (κ3) is 2.04. The molecule has 0 radical (unpaired) electrons. The predicted octanol–water partition coefficient (Wildman–Crippen LogP) is 2.25. The monoisotopic (exact) mass is 236 g/mol. The summed E-state index contributed by atoms with van der Waals surface area (Å²) in [4.78, 5) is 13.8. The van der Waals surface area contributed by atoms with Gasteiger partial charge in [-0.3, -0.25) is 9.69 Å². The van der Waals surface area contributed by atoms with Crippen LogP contribution in [0.15, 0.2) is 36.7 Å². The van der Waals surface area contributed by atoms with Crippen LogP contribution in [0.25, 0.3) is 0 Å². The Kier molecular flexibility index (Phi) is 3.15. The van der Waals surface area contributed by atoms with E-state index in [-0.39, 0.29) is 5.91 Å². The molecule has 0 unspecified atom stereocenters. The molecule has 84 valence electrons. The lowest BCUT2D eigenvalue weighted by atomic mass is 10.2. The van der Waals surface area contributed by atoms with Crippen molar-refractivity contribution in [2.45, 2.75) is 6.42 Å². The molecule has 1 aliphatic rings. The van der Waals surface area contributed by atoms with Crippen LogP contribution in [0, 0.1) is 0 Å². The number of rotatable bonds is 1. The van der Waals surface area contributed by atoms with E-state index in [1.807, 2.05) is 6.07 Å². The molecule has 0 saturated carbocycles. The van der Waals surface area contributed by atoms with Crippen molar-refractivity contribution in [2.75, 3.05) is 13.1 Å². The Hall–Kier alpha value is -1.48. The van der Waals surface area contributed by atoms with Crippen LogP contribution in [-0.4, -0.2) is 23.9 Å². The van der Waals surface area contributed by atoms with Crippen molar-refractivity contribution in [3.63, 3.8) is 0 Å². The van der Waals surface area contributed by atoms with E-state index >= 15 is 0 Å². The highest BCUT2D eigenvalue weighted by atomic mass is 35.5. The van der Waals surface area contributed by atoms with Crippen LogP contribution in [0.2, 0.25) is 5.02 Å². The Labute approximate surface area is 99.7 Å². The average molecular weight is 237 g/mol. The van der Waals surface area contributed by atoms with Crippen LogP contribution in [0.3, 0.4) is 0 Å². The SMILES string of the molecule is C=C1NCCCN1C(=O)c1ccccc1Cl. The average Bonchev–Trinajstić information content (AvgIpc) is 2.29. The molecule has 1 aromatic rings. The predicted molar refractivity (Wildman–Crippen MR) is 64.2 cm³/mol. The van der Waals surface area contributed by atoms with Crippen LogP contribution < -0.4 is 5.32 Å². The molecule has 16 heavy (non-hydrogen) atoms. The van der Waals surface area contributed by atoms with Gasteiger partial charge in [-0.1, -0.05) is 30.3 Å². The van der Waals surface area contributed by atoms with E-state index in [2.05, 4.69) is 11.9 Å². The summed E-state index contributed by atoms with van der Waals surface area (Å²) >= 11 is 5.99. The first-order valence-electron chi connectivity index (χ1n) is 5.19. The molecule has 1 heterocycles. The second-order valence-corrected chi connectivity index (χ2v) is 4.07. The number of carbonyl (C=O) groups is 1. The van der Waals surface area contributed by atoms with Crippen molar-refractivity contribution in [3.05, 3.63) is 47.3 Å². The summed E-state index contributed by atoms with van der Waals surface area (Å²) < 4.78 is 0. The minimum Gasteiger partial charge on any atom is -0.372 e. The topological polar surface area (TPSA) is 32.3 Å². The van der Waals surface area contributed by atoms with Crippen molar-refractivity contribution < 1.29 is 4.79 Å². The number of benzene rings is 1. The Bertz CT molecular complexity index is 431. The Morgan fingerprint density at radius 3 is 2.88 bits per heavy atom. The minimum atomic E-state index is -0.0946. The molecule has 2 rings (SSSR count). The van der Waals surface area contributed by atoms with Crippen molar-refractivity contribution in [1.82, 2.24) is 10.2 Å². The number of hydrogen-bond donors (Lipinski definition) is 1. The Morgan fingerprint density at radius 1 is 1.44 bits per heavy atom. The fourth-order valence-electron chi connectivity index (χ4n) is 1.70. The molecule has 3 nitrogen and oxygen atoms in total. The summed E-state index contributed by atoms with van der Waals surface area (Å²) in [5.41, 5.74) is 0.522. The maximum atomic E-state index is 12.2. The van der Waals surface area contributed by atoms with Gasteiger partial charge in [-0.25, -0.2) is 0 Å². The van der Waals surface area contributed by atoms with E-state index in [0.717, 1.165) is 13.0 Å². The molecule has 0 spiro atoms. The van der Waals surface area contributed by atoms with Crippen molar-refractivity contribution in [3.8, 4) is 0 Å². The first kappa shape index (κ1) is 11.0. The largest absolute Gasteiger partial charge is 0.372 e. The van der Waals surface area contributed by atoms with Crippen molar-refractivity contribution >= 4 is 17.5 Å². The van der Waals surface area contributed by atoms with Gasteiger partial charge < -0.3 is 5.32 Å². The number of nitrogens with one attached hydrogen (secondary N) is 1. The molecular formula is C12H13ClN2O. The number of nitrogens with zero attached hydrogens (tertiary/aromatic N) is 1. The highest BCUT2D eigenvalue weighted by molar-refractivity contribution is 6.33. The molecule has 1 fully saturated rings. The van der Waals surface area contributed by atoms with Crippen LogP contribution in [0.1, 0.15) is 16.8 Å². The van der Waals surface area contributed by atoms with Crippen LogP contribution in [0.4, 0.5) is 0 Å². The molecule has 1 amide bonds. The first-order chi connectivity index (χ1) is 7.70. The quantitative estimate of drug-likeness (QED) is 0.811. The summed E-state index contributed by atoms with van der Waals surface area (Å²) in [5.74, 6) is 0.555. The third-order valence-electron chi connectivity index (χ3n) is 2.56. The lowest BCUT2D eigenvalue weighted by Gasteiger charge is -2.30. The van der Waals surface area contributed by atoms with Gasteiger partial charge in [-0.05, 0) is 18.6 Å². The normalized spacial score (nSPS) is 15.8. The van der Waals surface area contributed by atoms with Gasteiger partial charge in [0.2, 0.25) is 0 Å². The second-order valence-electron chi connectivity index (χ2n) is 3.66. The maximum Gasteiger partial charge on any atom is 0.260 e. The third-order valence-corrected chi connectivity index (χ3v) is 2.89. The van der Waals surface area contributed by atoms with E-state index in [1.165, 1.54) is 0 Å². The van der Waals surface area contributed by atoms with Crippen molar-refractivity contribution in [2.24, 2.45) is 0 Å². The molecule has 0 aromatic heterocycles. The van der Waals surface area contributed by atoms with Crippen LogP contribution in [0.5, 0.6) is 0 Å². The van der Waals surface area contributed by atoms with Crippen LogP contribution >= 0.6 is 11.6 Å². The molecule has 1 saturated heterocycles. The molecule has 1 aromatic carbocycles. The highest BCUT2D eigenvalue weighted by Gasteiger charge is 2.22. The Balaban J connectivity index is 2.25. The molecule has 0 atom stereocenters. The van der Waals surface area contributed by atoms with Crippen LogP contribution in [-0.2, 0) is 0 Å². The van der Waals surface area contributed by atoms with Gasteiger partial charge in [0.1, 0.15) is 5.82 Å². The van der Waals surface area contributed by atoms with Gasteiger partial charge in [0.15, 0.2) is 0 Å². The molecule has 0 aliphatic carbocycles. The standard InChI is InChI=1S/C12H13ClN2O/c1-9-14-7-4-8-15(9)12(16)10-5-2-3-6-11(10)13/h2-3,5-6,14H,1,4,7-8H2. The minimum absolute atomic E-state index is 0.0946. The van der Waals surface area contributed by atoms with Gasteiger partial charge in [-0.2, -0.15) is 0 Å². The summed E-state index contributed by atoms with van der Waals surface area (Å²) in [6.45, 7) is 5.38. The lowest BCUT2D eigenvalue weighted by molar-refractivity contribution is 0.0778. The van der Waals surface area contributed by atoms with E-state index in [1.54, 1.807) is 23.1 Å². The highest BCUT2D eigenvalue weighted by Crippen LogP contribution is 2.19. The van der Waals surface area contributed by atoms with Gasteiger partial charge in [0.05, 0.1) is 10.6 Å². The van der Waals surface area contributed by atoms with E-state index < -0.39 is 0 Å². The summed E-state index contributed by atoms with van der Waals surface area (Å²) in [6, 6.07) is 7.06. The first-order valence-corrected chi connectivity index (χ1v) is 5.57. The summed E-state index contributed by atoms with van der Waals surface area (Å²) in [5, 5.41) is 3.55. The zero-order chi connectivity index (χ0) is 11.5. The number of amides is 1. The fraction of sp³-hybridized carbons (Fsp3) is 0.250. The van der Waals surface area contributed by atoms with Crippen molar-refractivity contribution in [1.29, 1.82) is 0 Å². The second kappa shape index (κ2) is 4.58. The number of halogens is 1. The van der Waals surface area contributed by atoms with Gasteiger partial charge in [0.25, 0.3) is 5.91 Å². The van der Waals surface area contributed by atoms with Gasteiger partial charge in [0, 0.05) is 13.1 Å².